The maximum atomic E-state index is 12.5. The molecule has 3 heterocycles. The molecule has 8 heteroatoms. The van der Waals surface area contributed by atoms with Crippen molar-refractivity contribution in [3.8, 4) is 5.75 Å². The summed E-state index contributed by atoms with van der Waals surface area (Å²) in [6, 6.07) is 11.5. The quantitative estimate of drug-likeness (QED) is 0.525. The Labute approximate surface area is 198 Å². The van der Waals surface area contributed by atoms with Crippen LogP contribution in [0.3, 0.4) is 0 Å². The zero-order valence-corrected chi connectivity index (χ0v) is 19.7. The van der Waals surface area contributed by atoms with Gasteiger partial charge in [0.15, 0.2) is 0 Å². The van der Waals surface area contributed by atoms with Crippen molar-refractivity contribution in [2.24, 2.45) is 0 Å². The van der Waals surface area contributed by atoms with E-state index in [1.165, 1.54) is 0 Å². The molecule has 0 radical (unpaired) electrons. The lowest BCUT2D eigenvalue weighted by Crippen LogP contribution is -2.43. The predicted molar refractivity (Wildman–Crippen MR) is 130 cm³/mol. The van der Waals surface area contributed by atoms with Crippen LogP contribution in [0.2, 0.25) is 10.0 Å². The first-order chi connectivity index (χ1) is 15.5. The van der Waals surface area contributed by atoms with Crippen LogP contribution < -0.4 is 15.6 Å². The van der Waals surface area contributed by atoms with Crippen molar-refractivity contribution in [3.63, 3.8) is 0 Å². The normalized spacial score (nSPS) is 15.3. The molecule has 1 aliphatic rings. The van der Waals surface area contributed by atoms with Gasteiger partial charge in [-0.3, -0.25) is 9.78 Å². The average molecular weight is 475 g/mol. The largest absolute Gasteiger partial charge is 0.492 e. The van der Waals surface area contributed by atoms with E-state index in [2.05, 4.69) is 15.2 Å². The summed E-state index contributed by atoms with van der Waals surface area (Å²) >= 11 is 12.1. The molecule has 3 aromatic rings. The third kappa shape index (κ3) is 5.62. The van der Waals surface area contributed by atoms with E-state index in [9.17, 15) is 4.79 Å². The number of pyridine rings is 2. The summed E-state index contributed by atoms with van der Waals surface area (Å²) in [5.41, 5.74) is 2.75. The number of fused-ring (bicyclic) bond motifs is 1. The van der Waals surface area contributed by atoms with Crippen molar-refractivity contribution < 1.29 is 4.74 Å². The molecule has 1 aliphatic heterocycles. The number of hydrogen-bond acceptors (Lipinski definition) is 5. The van der Waals surface area contributed by atoms with Crippen LogP contribution in [-0.2, 0) is 13.1 Å². The van der Waals surface area contributed by atoms with Crippen molar-refractivity contribution in [1.29, 1.82) is 0 Å². The Morgan fingerprint density at radius 3 is 2.66 bits per heavy atom. The van der Waals surface area contributed by atoms with Crippen LogP contribution >= 0.6 is 23.2 Å². The molecule has 1 N–H and O–H groups in total. The molecular weight excluding hydrogens is 447 g/mol. The van der Waals surface area contributed by atoms with E-state index in [1.807, 2.05) is 31.2 Å². The lowest BCUT2D eigenvalue weighted by atomic mass is 10.0. The van der Waals surface area contributed by atoms with E-state index < -0.39 is 0 Å². The van der Waals surface area contributed by atoms with Crippen molar-refractivity contribution in [2.75, 3.05) is 26.2 Å². The fourth-order valence-corrected chi connectivity index (χ4v) is 4.46. The molecule has 4 rings (SSSR count). The molecule has 0 bridgehead atoms. The third-order valence-electron chi connectivity index (χ3n) is 5.93. The summed E-state index contributed by atoms with van der Waals surface area (Å²) in [7, 11) is 0. The van der Waals surface area contributed by atoms with Gasteiger partial charge >= 0.3 is 0 Å². The topological polar surface area (TPSA) is 59.4 Å². The number of rotatable bonds is 8. The second-order valence-electron chi connectivity index (χ2n) is 8.08. The minimum absolute atomic E-state index is 0.00822. The summed E-state index contributed by atoms with van der Waals surface area (Å²) in [5.74, 6) is 0.688. The van der Waals surface area contributed by atoms with Crippen molar-refractivity contribution in [2.45, 2.75) is 38.9 Å². The van der Waals surface area contributed by atoms with E-state index >= 15 is 0 Å². The minimum atomic E-state index is -0.00822. The summed E-state index contributed by atoms with van der Waals surface area (Å²) in [5, 5.41) is 4.80. The molecule has 0 saturated carbocycles. The number of nitrogens with one attached hydrogen (secondary N) is 1. The standard InChI is InChI=1S/C24H28Cl2N4O2/c1-2-32-19-14-23-22(28-16-19)5-6-24(31)30(23)12-11-29-9-7-18(8-10-29)27-15-17-3-4-20(25)21(26)13-17/h3-6,13-14,16,18,27H,2,7-12,15H2,1H3. The van der Waals surface area contributed by atoms with Crippen LogP contribution in [0.15, 0.2) is 47.4 Å². The molecule has 1 fully saturated rings. The van der Waals surface area contributed by atoms with E-state index in [4.69, 9.17) is 27.9 Å². The first-order valence-corrected chi connectivity index (χ1v) is 11.8. The van der Waals surface area contributed by atoms with E-state index in [1.54, 1.807) is 22.9 Å². The van der Waals surface area contributed by atoms with Crippen LogP contribution in [0.25, 0.3) is 11.0 Å². The van der Waals surface area contributed by atoms with E-state index in [-0.39, 0.29) is 5.56 Å². The summed E-state index contributed by atoms with van der Waals surface area (Å²) < 4.78 is 7.38. The van der Waals surface area contributed by atoms with Gasteiger partial charge in [0.05, 0.1) is 33.9 Å². The number of aromatic nitrogens is 2. The number of nitrogens with zero attached hydrogens (tertiary/aromatic N) is 3. The second kappa shape index (κ2) is 10.7. The van der Waals surface area contributed by atoms with Crippen LogP contribution in [-0.4, -0.2) is 46.7 Å². The van der Waals surface area contributed by atoms with Gasteiger partial charge in [-0.05, 0) is 56.6 Å². The lowest BCUT2D eigenvalue weighted by molar-refractivity contribution is 0.191. The van der Waals surface area contributed by atoms with Gasteiger partial charge in [0.2, 0.25) is 0 Å². The fraction of sp³-hybridized carbons (Fsp3) is 0.417. The Hall–Kier alpha value is -2.12. The maximum absolute atomic E-state index is 12.5. The highest BCUT2D eigenvalue weighted by Crippen LogP contribution is 2.23. The minimum Gasteiger partial charge on any atom is -0.492 e. The van der Waals surface area contributed by atoms with Crippen LogP contribution in [0, 0.1) is 0 Å². The van der Waals surface area contributed by atoms with Crippen molar-refractivity contribution >= 4 is 34.2 Å². The molecule has 0 unspecified atom stereocenters. The fourth-order valence-electron chi connectivity index (χ4n) is 4.14. The molecule has 1 saturated heterocycles. The molecule has 2 aromatic heterocycles. The van der Waals surface area contributed by atoms with Crippen LogP contribution in [0.1, 0.15) is 25.3 Å². The van der Waals surface area contributed by atoms with Gasteiger partial charge in [0.25, 0.3) is 5.56 Å². The molecule has 6 nitrogen and oxygen atoms in total. The summed E-state index contributed by atoms with van der Waals surface area (Å²) in [4.78, 5) is 19.4. The van der Waals surface area contributed by atoms with Gasteiger partial charge in [-0.1, -0.05) is 29.3 Å². The summed E-state index contributed by atoms with van der Waals surface area (Å²) in [6.07, 6.45) is 3.85. The number of benzene rings is 1. The number of piperidine rings is 1. The molecule has 0 spiro atoms. The SMILES string of the molecule is CCOc1cnc2ccc(=O)n(CCN3CCC(NCc4ccc(Cl)c(Cl)c4)CC3)c2c1. The monoisotopic (exact) mass is 474 g/mol. The number of likely N-dealkylation sites (tertiary alicyclic amines) is 1. The van der Waals surface area contributed by atoms with Gasteiger partial charge in [-0.2, -0.15) is 0 Å². The van der Waals surface area contributed by atoms with Crippen molar-refractivity contribution in [1.82, 2.24) is 19.8 Å². The molecule has 0 atom stereocenters. The van der Waals surface area contributed by atoms with E-state index in [0.717, 1.165) is 55.6 Å². The molecule has 170 valence electrons. The van der Waals surface area contributed by atoms with Gasteiger partial charge in [-0.15, -0.1) is 0 Å². The zero-order chi connectivity index (χ0) is 22.5. The smallest absolute Gasteiger partial charge is 0.251 e. The van der Waals surface area contributed by atoms with E-state index in [0.29, 0.717) is 35.0 Å². The Morgan fingerprint density at radius 1 is 1.09 bits per heavy atom. The Bertz CT molecular complexity index is 1130. The molecule has 0 aliphatic carbocycles. The van der Waals surface area contributed by atoms with Crippen LogP contribution in [0.5, 0.6) is 5.75 Å². The molecule has 32 heavy (non-hydrogen) atoms. The Morgan fingerprint density at radius 2 is 1.91 bits per heavy atom. The average Bonchev–Trinajstić information content (AvgIpc) is 2.80. The predicted octanol–water partition coefficient (Wildman–Crippen LogP) is 4.36. The first-order valence-electron chi connectivity index (χ1n) is 11.1. The molecule has 0 amide bonds. The van der Waals surface area contributed by atoms with Gasteiger partial charge < -0.3 is 19.5 Å². The maximum Gasteiger partial charge on any atom is 0.251 e. The number of halogens is 2. The highest BCUT2D eigenvalue weighted by atomic mass is 35.5. The van der Waals surface area contributed by atoms with Gasteiger partial charge in [-0.25, -0.2) is 0 Å². The molecular formula is C24H28Cl2N4O2. The number of hydrogen-bond donors (Lipinski definition) is 1. The van der Waals surface area contributed by atoms with Gasteiger partial charge in [0, 0.05) is 37.8 Å². The number of ether oxygens (including phenoxy) is 1. The zero-order valence-electron chi connectivity index (χ0n) is 18.2. The van der Waals surface area contributed by atoms with Crippen LogP contribution in [0.4, 0.5) is 0 Å². The van der Waals surface area contributed by atoms with Gasteiger partial charge in [0.1, 0.15) is 5.75 Å². The second-order valence-corrected chi connectivity index (χ2v) is 8.89. The summed E-state index contributed by atoms with van der Waals surface area (Å²) in [6.45, 7) is 6.75. The molecule has 1 aromatic carbocycles. The first kappa shape index (κ1) is 23.1. The highest BCUT2D eigenvalue weighted by molar-refractivity contribution is 6.42. The Kier molecular flexibility index (Phi) is 7.68. The lowest BCUT2D eigenvalue weighted by Gasteiger charge is -2.32. The third-order valence-corrected chi connectivity index (χ3v) is 6.67. The van der Waals surface area contributed by atoms with Crippen molar-refractivity contribution in [3.05, 3.63) is 68.6 Å². The highest BCUT2D eigenvalue weighted by Gasteiger charge is 2.19. The Balaban J connectivity index is 1.31.